The summed E-state index contributed by atoms with van der Waals surface area (Å²) in [6.45, 7) is 0.789. The van der Waals surface area contributed by atoms with Crippen LogP contribution in [0.25, 0.3) is 0 Å². The standard InChI is InChI=1S/C13H15FN2O2S2/c1-15-8-7-12-5-6-13(19-12)20(17,18)16-11-4-2-3-10(14)9-11/h2-6,9,15-16H,7-8H2,1H3. The lowest BCUT2D eigenvalue weighted by molar-refractivity contribution is 0.603. The largest absolute Gasteiger partial charge is 0.319 e. The zero-order valence-corrected chi connectivity index (χ0v) is 12.5. The Balaban J connectivity index is 2.16. The monoisotopic (exact) mass is 314 g/mol. The molecule has 0 fully saturated rings. The summed E-state index contributed by atoms with van der Waals surface area (Å²) in [6, 6.07) is 8.74. The molecule has 2 N–H and O–H groups in total. The van der Waals surface area contributed by atoms with Crippen LogP contribution in [0, 0.1) is 5.82 Å². The summed E-state index contributed by atoms with van der Waals surface area (Å²) in [7, 11) is -1.81. The average Bonchev–Trinajstić information content (AvgIpc) is 2.85. The van der Waals surface area contributed by atoms with Gasteiger partial charge < -0.3 is 5.32 Å². The molecule has 20 heavy (non-hydrogen) atoms. The smallest absolute Gasteiger partial charge is 0.271 e. The van der Waals surface area contributed by atoms with Crippen LogP contribution in [0.1, 0.15) is 4.88 Å². The first-order valence-corrected chi connectivity index (χ1v) is 8.33. The molecule has 0 saturated heterocycles. The molecule has 0 saturated carbocycles. The summed E-state index contributed by atoms with van der Waals surface area (Å²) in [5.74, 6) is -0.480. The number of benzene rings is 1. The molecule has 0 bridgehead atoms. The molecule has 7 heteroatoms. The van der Waals surface area contributed by atoms with Crippen LogP contribution in [0.15, 0.2) is 40.6 Å². The Hall–Kier alpha value is -1.44. The fourth-order valence-corrected chi connectivity index (χ4v) is 4.05. The molecule has 0 amide bonds. The van der Waals surface area contributed by atoms with Crippen molar-refractivity contribution < 1.29 is 12.8 Å². The lowest BCUT2D eigenvalue weighted by Gasteiger charge is -2.05. The molecule has 2 aromatic rings. The fourth-order valence-electron chi connectivity index (χ4n) is 1.64. The second-order valence-corrected chi connectivity index (χ2v) is 7.27. The molecule has 0 aliphatic carbocycles. The molecule has 108 valence electrons. The number of hydrogen-bond donors (Lipinski definition) is 2. The normalized spacial score (nSPS) is 11.5. The third-order valence-electron chi connectivity index (χ3n) is 2.60. The van der Waals surface area contributed by atoms with E-state index in [1.165, 1.54) is 29.5 Å². The molecule has 0 spiro atoms. The zero-order chi connectivity index (χ0) is 14.6. The van der Waals surface area contributed by atoms with Crippen molar-refractivity contribution in [1.29, 1.82) is 0 Å². The van der Waals surface area contributed by atoms with E-state index >= 15 is 0 Å². The van der Waals surface area contributed by atoms with Gasteiger partial charge in [-0.15, -0.1) is 11.3 Å². The number of likely N-dealkylation sites (N-methyl/N-ethyl adjacent to an activating group) is 1. The number of rotatable bonds is 6. The summed E-state index contributed by atoms with van der Waals surface area (Å²) < 4.78 is 40.0. The Kier molecular flexibility index (Phi) is 4.74. The van der Waals surface area contributed by atoms with Crippen LogP contribution < -0.4 is 10.0 Å². The predicted molar refractivity (Wildman–Crippen MR) is 79.2 cm³/mol. The first-order chi connectivity index (χ1) is 9.51. The summed E-state index contributed by atoms with van der Waals surface area (Å²) in [6.07, 6.45) is 0.774. The summed E-state index contributed by atoms with van der Waals surface area (Å²) in [4.78, 5) is 0.985. The van der Waals surface area contributed by atoms with Crippen molar-refractivity contribution in [3.05, 3.63) is 47.1 Å². The number of sulfonamides is 1. The fraction of sp³-hybridized carbons (Fsp3) is 0.231. The van der Waals surface area contributed by atoms with Crippen LogP contribution in [0.2, 0.25) is 0 Å². The van der Waals surface area contributed by atoms with Gasteiger partial charge in [-0.2, -0.15) is 0 Å². The van der Waals surface area contributed by atoms with Crippen LogP contribution in [0.3, 0.4) is 0 Å². The van der Waals surface area contributed by atoms with Crippen LogP contribution in [0.5, 0.6) is 0 Å². The first-order valence-electron chi connectivity index (χ1n) is 6.03. The van der Waals surface area contributed by atoms with E-state index in [1.807, 2.05) is 7.05 Å². The van der Waals surface area contributed by atoms with Gasteiger partial charge in [0.05, 0.1) is 5.69 Å². The van der Waals surface area contributed by atoms with Gasteiger partial charge in [0, 0.05) is 4.88 Å². The van der Waals surface area contributed by atoms with Crippen molar-refractivity contribution in [2.75, 3.05) is 18.3 Å². The van der Waals surface area contributed by atoms with E-state index in [0.29, 0.717) is 0 Å². The summed E-state index contributed by atoms with van der Waals surface area (Å²) in [5, 5.41) is 3.01. The average molecular weight is 314 g/mol. The highest BCUT2D eigenvalue weighted by atomic mass is 32.2. The molecule has 0 radical (unpaired) electrons. The van der Waals surface area contributed by atoms with Crippen molar-refractivity contribution in [2.45, 2.75) is 10.6 Å². The number of thiophene rings is 1. The van der Waals surface area contributed by atoms with Crippen molar-refractivity contribution in [1.82, 2.24) is 5.32 Å². The topological polar surface area (TPSA) is 58.2 Å². The van der Waals surface area contributed by atoms with Gasteiger partial charge in [-0.3, -0.25) is 4.72 Å². The Bertz CT molecular complexity index is 683. The minimum atomic E-state index is -3.65. The van der Waals surface area contributed by atoms with E-state index in [0.717, 1.165) is 23.9 Å². The van der Waals surface area contributed by atoms with E-state index in [-0.39, 0.29) is 9.90 Å². The van der Waals surface area contributed by atoms with Gasteiger partial charge >= 0.3 is 0 Å². The summed E-state index contributed by atoms with van der Waals surface area (Å²) in [5.41, 5.74) is 0.218. The summed E-state index contributed by atoms with van der Waals surface area (Å²) >= 11 is 1.22. The number of hydrogen-bond acceptors (Lipinski definition) is 4. The molecule has 4 nitrogen and oxygen atoms in total. The third-order valence-corrected chi connectivity index (χ3v) is 5.62. The first kappa shape index (κ1) is 15.0. The molecule has 0 unspecified atom stereocenters. The predicted octanol–water partition coefficient (Wildman–Crippen LogP) is 2.45. The molecule has 1 aromatic heterocycles. The third kappa shape index (κ3) is 3.78. The quantitative estimate of drug-likeness (QED) is 0.861. The van der Waals surface area contributed by atoms with Crippen LogP contribution in [0.4, 0.5) is 10.1 Å². The van der Waals surface area contributed by atoms with Gasteiger partial charge in [0.1, 0.15) is 10.0 Å². The Morgan fingerprint density at radius 1 is 1.25 bits per heavy atom. The lowest BCUT2D eigenvalue weighted by Crippen LogP contribution is -2.11. The second-order valence-electron chi connectivity index (χ2n) is 4.19. The van der Waals surface area contributed by atoms with E-state index in [4.69, 9.17) is 0 Å². The second kappa shape index (κ2) is 6.34. The number of halogens is 1. The minimum Gasteiger partial charge on any atom is -0.319 e. The van der Waals surface area contributed by atoms with Gasteiger partial charge in [-0.25, -0.2) is 12.8 Å². The lowest BCUT2D eigenvalue weighted by atomic mass is 10.3. The van der Waals surface area contributed by atoms with E-state index < -0.39 is 15.8 Å². The molecule has 0 atom stereocenters. The minimum absolute atomic E-state index is 0.218. The van der Waals surface area contributed by atoms with Gasteiger partial charge in [0.15, 0.2) is 0 Å². The molecule has 2 rings (SSSR count). The van der Waals surface area contributed by atoms with Gasteiger partial charge in [-0.1, -0.05) is 6.07 Å². The van der Waals surface area contributed by atoms with E-state index in [2.05, 4.69) is 10.0 Å². The molecule has 0 aliphatic rings. The Morgan fingerprint density at radius 3 is 2.75 bits per heavy atom. The van der Waals surface area contributed by atoms with Crippen molar-refractivity contribution >= 4 is 27.0 Å². The van der Waals surface area contributed by atoms with Crippen LogP contribution >= 0.6 is 11.3 Å². The number of nitrogens with one attached hydrogen (secondary N) is 2. The van der Waals surface area contributed by atoms with Crippen LogP contribution in [-0.2, 0) is 16.4 Å². The molecular formula is C13H15FN2O2S2. The van der Waals surface area contributed by atoms with Gasteiger partial charge in [-0.05, 0) is 50.3 Å². The van der Waals surface area contributed by atoms with Gasteiger partial charge in [0.25, 0.3) is 10.0 Å². The molecule has 0 aliphatic heterocycles. The highest BCUT2D eigenvalue weighted by Gasteiger charge is 2.17. The maximum atomic E-state index is 13.0. The zero-order valence-electron chi connectivity index (χ0n) is 10.9. The highest BCUT2D eigenvalue weighted by molar-refractivity contribution is 7.94. The number of anilines is 1. The van der Waals surface area contributed by atoms with E-state index in [9.17, 15) is 12.8 Å². The molecular weight excluding hydrogens is 299 g/mol. The van der Waals surface area contributed by atoms with E-state index in [1.54, 1.807) is 12.1 Å². The Labute approximate surface area is 121 Å². The van der Waals surface area contributed by atoms with Gasteiger partial charge in [0.2, 0.25) is 0 Å². The maximum absolute atomic E-state index is 13.0. The van der Waals surface area contributed by atoms with Crippen molar-refractivity contribution in [3.8, 4) is 0 Å². The Morgan fingerprint density at radius 2 is 2.05 bits per heavy atom. The molecule has 1 aromatic carbocycles. The SMILES string of the molecule is CNCCc1ccc(S(=O)(=O)Nc2cccc(F)c2)s1. The van der Waals surface area contributed by atoms with Crippen molar-refractivity contribution in [2.24, 2.45) is 0 Å². The van der Waals surface area contributed by atoms with Crippen LogP contribution in [-0.4, -0.2) is 22.0 Å². The maximum Gasteiger partial charge on any atom is 0.271 e. The highest BCUT2D eigenvalue weighted by Crippen LogP contribution is 2.24. The van der Waals surface area contributed by atoms with Crippen molar-refractivity contribution in [3.63, 3.8) is 0 Å². The molecule has 1 heterocycles.